The van der Waals surface area contributed by atoms with Crippen LogP contribution in [0.3, 0.4) is 0 Å². The van der Waals surface area contributed by atoms with Gasteiger partial charge < -0.3 is 5.32 Å². The van der Waals surface area contributed by atoms with Crippen LogP contribution in [-0.2, 0) is 17.9 Å². The van der Waals surface area contributed by atoms with Gasteiger partial charge in [-0.2, -0.15) is 0 Å². The Morgan fingerprint density at radius 2 is 1.79 bits per heavy atom. The van der Waals surface area contributed by atoms with E-state index in [0.717, 1.165) is 21.8 Å². The molecule has 33 heavy (non-hydrogen) atoms. The van der Waals surface area contributed by atoms with E-state index in [4.69, 9.17) is 11.6 Å². The van der Waals surface area contributed by atoms with Crippen LogP contribution in [0.1, 0.15) is 27.0 Å². The predicted octanol–water partition coefficient (Wildman–Crippen LogP) is 5.32. The molecule has 1 amide bonds. The fourth-order valence-corrected chi connectivity index (χ4v) is 5.08. The Morgan fingerprint density at radius 3 is 2.52 bits per heavy atom. The van der Waals surface area contributed by atoms with Gasteiger partial charge in [0.15, 0.2) is 16.8 Å². The van der Waals surface area contributed by atoms with Crippen LogP contribution in [0.4, 0.5) is 0 Å². The van der Waals surface area contributed by atoms with E-state index in [1.54, 1.807) is 6.07 Å². The molecule has 2 aromatic heterocycles. The van der Waals surface area contributed by atoms with Gasteiger partial charge in [0.2, 0.25) is 5.91 Å². The van der Waals surface area contributed by atoms with E-state index in [-0.39, 0.29) is 17.4 Å². The highest BCUT2D eigenvalue weighted by molar-refractivity contribution is 7.99. The van der Waals surface area contributed by atoms with Crippen molar-refractivity contribution in [3.05, 3.63) is 87.1 Å². The Kier molecular flexibility index (Phi) is 7.59. The first-order chi connectivity index (χ1) is 16.0. The van der Waals surface area contributed by atoms with Crippen LogP contribution in [0.5, 0.6) is 0 Å². The van der Waals surface area contributed by atoms with Crippen molar-refractivity contribution in [1.29, 1.82) is 0 Å². The molecule has 0 fully saturated rings. The van der Waals surface area contributed by atoms with Gasteiger partial charge in [-0.1, -0.05) is 53.7 Å². The van der Waals surface area contributed by atoms with Crippen LogP contribution in [0, 0.1) is 0 Å². The Hall–Kier alpha value is -2.94. The standard InChI is InChI=1S/C24H21ClN4O2S2/c1-16(30)26-13-20-11-12-22(33-20)21(31)15-32-24-28-27-23(18-7-9-19(25)10-8-18)29(24)14-17-5-3-2-4-6-17/h2-12H,13-15H2,1H3,(H,26,30). The first-order valence-corrected chi connectivity index (χ1v) is 12.4. The Bertz CT molecular complexity index is 1250. The summed E-state index contributed by atoms with van der Waals surface area (Å²) in [6.07, 6.45) is 0. The fourth-order valence-electron chi connectivity index (χ4n) is 3.15. The second kappa shape index (κ2) is 10.8. The van der Waals surface area contributed by atoms with Gasteiger partial charge in [0, 0.05) is 22.4 Å². The molecule has 0 saturated carbocycles. The third kappa shape index (κ3) is 6.10. The molecule has 4 aromatic rings. The average molecular weight is 497 g/mol. The molecule has 0 aliphatic rings. The van der Waals surface area contributed by atoms with Crippen molar-refractivity contribution in [1.82, 2.24) is 20.1 Å². The van der Waals surface area contributed by atoms with E-state index in [2.05, 4.69) is 15.5 Å². The van der Waals surface area contributed by atoms with Crippen LogP contribution >= 0.6 is 34.7 Å². The Morgan fingerprint density at radius 1 is 1.03 bits per heavy atom. The normalized spacial score (nSPS) is 10.8. The van der Waals surface area contributed by atoms with Gasteiger partial charge in [-0.15, -0.1) is 21.5 Å². The van der Waals surface area contributed by atoms with Crippen molar-refractivity contribution >= 4 is 46.4 Å². The lowest BCUT2D eigenvalue weighted by molar-refractivity contribution is -0.119. The number of thiophene rings is 1. The number of ketones is 1. The summed E-state index contributed by atoms with van der Waals surface area (Å²) in [6, 6.07) is 21.2. The Labute approximate surface area is 205 Å². The number of Topliss-reactive ketones (excluding diaryl/α,β-unsaturated/α-hetero) is 1. The van der Waals surface area contributed by atoms with Crippen LogP contribution in [0.2, 0.25) is 5.02 Å². The topological polar surface area (TPSA) is 76.9 Å². The highest BCUT2D eigenvalue weighted by Gasteiger charge is 2.17. The molecule has 0 atom stereocenters. The zero-order valence-corrected chi connectivity index (χ0v) is 20.2. The van der Waals surface area contributed by atoms with Gasteiger partial charge >= 0.3 is 0 Å². The molecular weight excluding hydrogens is 476 g/mol. The molecule has 0 bridgehead atoms. The summed E-state index contributed by atoms with van der Waals surface area (Å²) in [5.74, 6) is 0.884. The number of amides is 1. The molecule has 168 valence electrons. The molecule has 1 N–H and O–H groups in total. The quantitative estimate of drug-likeness (QED) is 0.251. The minimum absolute atomic E-state index is 0.0152. The zero-order valence-electron chi connectivity index (χ0n) is 17.8. The number of halogens is 1. The highest BCUT2D eigenvalue weighted by Crippen LogP contribution is 2.27. The number of hydrogen-bond donors (Lipinski definition) is 1. The number of rotatable bonds is 9. The maximum Gasteiger partial charge on any atom is 0.217 e. The van der Waals surface area contributed by atoms with Crippen molar-refractivity contribution in [2.45, 2.75) is 25.2 Å². The fraction of sp³-hybridized carbons (Fsp3) is 0.167. The van der Waals surface area contributed by atoms with Crippen LogP contribution in [-0.4, -0.2) is 32.2 Å². The number of carbonyl (C=O) groups is 2. The maximum atomic E-state index is 12.8. The molecule has 0 spiro atoms. The van der Waals surface area contributed by atoms with Gasteiger partial charge in [0.1, 0.15) is 0 Å². The maximum absolute atomic E-state index is 12.8. The lowest BCUT2D eigenvalue weighted by Crippen LogP contribution is -2.18. The van der Waals surface area contributed by atoms with Gasteiger partial charge in [0.05, 0.1) is 23.7 Å². The number of hydrogen-bond acceptors (Lipinski definition) is 6. The summed E-state index contributed by atoms with van der Waals surface area (Å²) in [4.78, 5) is 25.5. The van der Waals surface area contributed by atoms with Crippen molar-refractivity contribution in [3.63, 3.8) is 0 Å². The number of thioether (sulfide) groups is 1. The first kappa shape index (κ1) is 23.2. The second-order valence-electron chi connectivity index (χ2n) is 7.27. The van der Waals surface area contributed by atoms with Crippen molar-refractivity contribution in [2.24, 2.45) is 0 Å². The summed E-state index contributed by atoms with van der Waals surface area (Å²) >= 11 is 8.81. The smallest absolute Gasteiger partial charge is 0.217 e. The van der Waals surface area contributed by atoms with E-state index in [9.17, 15) is 9.59 Å². The predicted molar refractivity (Wildman–Crippen MR) is 133 cm³/mol. The van der Waals surface area contributed by atoms with Crippen LogP contribution < -0.4 is 5.32 Å². The molecule has 4 rings (SSSR count). The van der Waals surface area contributed by atoms with Crippen LogP contribution in [0.25, 0.3) is 11.4 Å². The van der Waals surface area contributed by atoms with E-state index in [1.807, 2.05) is 65.2 Å². The Balaban J connectivity index is 1.52. The van der Waals surface area contributed by atoms with Gasteiger partial charge in [-0.05, 0) is 42.0 Å². The molecule has 0 unspecified atom stereocenters. The van der Waals surface area contributed by atoms with Crippen molar-refractivity contribution in [3.8, 4) is 11.4 Å². The van der Waals surface area contributed by atoms with Crippen molar-refractivity contribution in [2.75, 3.05) is 5.75 Å². The van der Waals surface area contributed by atoms with Gasteiger partial charge in [-0.3, -0.25) is 14.2 Å². The second-order valence-corrected chi connectivity index (χ2v) is 9.82. The summed E-state index contributed by atoms with van der Waals surface area (Å²) in [5, 5.41) is 12.9. The third-order valence-electron chi connectivity index (χ3n) is 4.78. The third-order valence-corrected chi connectivity index (χ3v) is 7.13. The molecule has 0 aliphatic heterocycles. The van der Waals surface area contributed by atoms with Crippen molar-refractivity contribution < 1.29 is 9.59 Å². The van der Waals surface area contributed by atoms with Gasteiger partial charge in [0.25, 0.3) is 0 Å². The molecule has 0 radical (unpaired) electrons. The largest absolute Gasteiger partial charge is 0.351 e. The van der Waals surface area contributed by atoms with E-state index in [1.165, 1.54) is 30.0 Å². The zero-order chi connectivity index (χ0) is 23.2. The number of carbonyl (C=O) groups excluding carboxylic acids is 2. The number of nitrogens with zero attached hydrogens (tertiary/aromatic N) is 3. The highest BCUT2D eigenvalue weighted by atomic mass is 35.5. The minimum Gasteiger partial charge on any atom is -0.351 e. The van der Waals surface area contributed by atoms with Crippen LogP contribution in [0.15, 0.2) is 71.9 Å². The number of aromatic nitrogens is 3. The van der Waals surface area contributed by atoms with E-state index < -0.39 is 0 Å². The molecule has 6 nitrogen and oxygen atoms in total. The van der Waals surface area contributed by atoms with E-state index in [0.29, 0.717) is 28.1 Å². The SMILES string of the molecule is CC(=O)NCc1ccc(C(=O)CSc2nnc(-c3ccc(Cl)cc3)n2Cc2ccccc2)s1. The van der Waals surface area contributed by atoms with E-state index >= 15 is 0 Å². The summed E-state index contributed by atoms with van der Waals surface area (Å²) in [6.45, 7) is 2.48. The molecule has 0 aliphatic carbocycles. The minimum atomic E-state index is -0.0962. The molecular formula is C24H21ClN4O2S2. The van der Waals surface area contributed by atoms with Gasteiger partial charge in [-0.25, -0.2) is 0 Å². The summed E-state index contributed by atoms with van der Waals surface area (Å²) < 4.78 is 2.02. The monoisotopic (exact) mass is 496 g/mol. The lowest BCUT2D eigenvalue weighted by Gasteiger charge is -2.10. The molecule has 9 heteroatoms. The summed E-state index contributed by atoms with van der Waals surface area (Å²) in [5.41, 5.74) is 2.02. The first-order valence-electron chi connectivity index (χ1n) is 10.2. The molecule has 2 heterocycles. The number of nitrogens with one attached hydrogen (secondary N) is 1. The number of benzene rings is 2. The molecule has 0 saturated heterocycles. The molecule has 2 aromatic carbocycles. The summed E-state index contributed by atoms with van der Waals surface area (Å²) in [7, 11) is 0. The lowest BCUT2D eigenvalue weighted by atomic mass is 10.2. The average Bonchev–Trinajstić information content (AvgIpc) is 3.45.